The van der Waals surface area contributed by atoms with Crippen LogP contribution in [0.5, 0.6) is 0 Å². The van der Waals surface area contributed by atoms with Crippen LogP contribution in [0.15, 0.2) is 77.7 Å². The highest BCUT2D eigenvalue weighted by molar-refractivity contribution is 7.92. The van der Waals surface area contributed by atoms with Gasteiger partial charge < -0.3 is 10.1 Å². The van der Waals surface area contributed by atoms with Gasteiger partial charge in [0, 0.05) is 24.4 Å². The fourth-order valence-electron chi connectivity index (χ4n) is 3.51. The van der Waals surface area contributed by atoms with Crippen molar-refractivity contribution in [3.05, 3.63) is 84.2 Å². The molecule has 1 unspecified atom stereocenters. The van der Waals surface area contributed by atoms with Crippen molar-refractivity contribution in [1.29, 1.82) is 0 Å². The van der Waals surface area contributed by atoms with Crippen molar-refractivity contribution in [2.75, 3.05) is 17.9 Å². The number of carbonyl (C=O) groups is 1. The van der Waals surface area contributed by atoms with Gasteiger partial charge in [0.05, 0.1) is 11.0 Å². The summed E-state index contributed by atoms with van der Waals surface area (Å²) in [7, 11) is -3.82. The van der Waals surface area contributed by atoms with Crippen LogP contribution in [0.4, 0.5) is 10.1 Å². The molecule has 8 heteroatoms. The first-order valence-electron chi connectivity index (χ1n) is 10.3. The number of sulfonamides is 1. The number of benzene rings is 3. The van der Waals surface area contributed by atoms with Crippen LogP contribution >= 0.6 is 0 Å². The normalized spacial score (nSPS) is 16.0. The summed E-state index contributed by atoms with van der Waals surface area (Å²) in [5.41, 5.74) is 2.15. The molecule has 1 aliphatic heterocycles. The van der Waals surface area contributed by atoms with E-state index in [9.17, 15) is 17.6 Å². The molecule has 4 rings (SSSR count). The van der Waals surface area contributed by atoms with Gasteiger partial charge in [-0.3, -0.25) is 9.52 Å². The number of carbonyl (C=O) groups excluding carboxylic acids is 1. The minimum atomic E-state index is -3.82. The van der Waals surface area contributed by atoms with Crippen molar-refractivity contribution in [2.45, 2.75) is 23.8 Å². The van der Waals surface area contributed by atoms with E-state index >= 15 is 0 Å². The zero-order valence-corrected chi connectivity index (χ0v) is 18.1. The molecule has 1 amide bonds. The highest BCUT2D eigenvalue weighted by atomic mass is 32.2. The van der Waals surface area contributed by atoms with Gasteiger partial charge in [0.25, 0.3) is 15.9 Å². The number of ether oxygens (including phenoxy) is 1. The molecule has 0 aliphatic carbocycles. The van der Waals surface area contributed by atoms with Gasteiger partial charge in [-0.1, -0.05) is 24.3 Å². The lowest BCUT2D eigenvalue weighted by Gasteiger charge is -2.12. The summed E-state index contributed by atoms with van der Waals surface area (Å²) in [6.07, 6.45) is 1.99. The maximum Gasteiger partial charge on any atom is 0.261 e. The Balaban J connectivity index is 1.40. The fraction of sp³-hybridized carbons (Fsp3) is 0.208. The van der Waals surface area contributed by atoms with E-state index in [1.807, 2.05) is 0 Å². The summed E-state index contributed by atoms with van der Waals surface area (Å²) in [4.78, 5) is 12.3. The van der Waals surface area contributed by atoms with Crippen LogP contribution < -0.4 is 10.0 Å². The molecular weight excluding hydrogens is 431 g/mol. The third-order valence-electron chi connectivity index (χ3n) is 5.24. The highest BCUT2D eigenvalue weighted by Gasteiger charge is 2.17. The summed E-state index contributed by atoms with van der Waals surface area (Å²) in [5, 5.41) is 2.83. The van der Waals surface area contributed by atoms with Crippen LogP contribution in [0.25, 0.3) is 11.1 Å². The second kappa shape index (κ2) is 9.50. The number of nitrogens with one attached hydrogen (secondary N) is 2. The van der Waals surface area contributed by atoms with E-state index < -0.39 is 10.0 Å². The number of rotatable bonds is 7. The molecule has 0 bridgehead atoms. The number of hydrogen-bond acceptors (Lipinski definition) is 4. The van der Waals surface area contributed by atoms with E-state index in [1.165, 1.54) is 24.3 Å². The zero-order valence-electron chi connectivity index (χ0n) is 17.3. The van der Waals surface area contributed by atoms with E-state index in [4.69, 9.17) is 4.74 Å². The molecule has 166 valence electrons. The third kappa shape index (κ3) is 5.33. The van der Waals surface area contributed by atoms with Crippen molar-refractivity contribution in [3.63, 3.8) is 0 Å². The van der Waals surface area contributed by atoms with Gasteiger partial charge in [-0.2, -0.15) is 0 Å². The highest BCUT2D eigenvalue weighted by Crippen LogP contribution is 2.23. The summed E-state index contributed by atoms with van der Waals surface area (Å²) < 4.78 is 46.8. The van der Waals surface area contributed by atoms with Crippen LogP contribution in [0, 0.1) is 5.82 Å². The Morgan fingerprint density at radius 3 is 2.41 bits per heavy atom. The number of hydrogen-bond donors (Lipinski definition) is 2. The molecule has 6 nitrogen and oxygen atoms in total. The summed E-state index contributed by atoms with van der Waals surface area (Å²) in [6, 6.07) is 18.5. The van der Waals surface area contributed by atoms with Crippen LogP contribution in [-0.4, -0.2) is 33.6 Å². The topological polar surface area (TPSA) is 84.5 Å². The zero-order chi connectivity index (χ0) is 22.6. The Morgan fingerprint density at radius 1 is 1.00 bits per heavy atom. The molecule has 1 saturated heterocycles. The Labute approximate surface area is 186 Å². The Bertz CT molecular complexity index is 1190. The predicted octanol–water partition coefficient (Wildman–Crippen LogP) is 4.20. The van der Waals surface area contributed by atoms with E-state index in [2.05, 4.69) is 10.0 Å². The van der Waals surface area contributed by atoms with Crippen molar-refractivity contribution in [1.82, 2.24) is 5.32 Å². The van der Waals surface area contributed by atoms with Crippen LogP contribution in [-0.2, 0) is 14.8 Å². The fourth-order valence-corrected chi connectivity index (χ4v) is 4.57. The SMILES string of the molecule is O=C(NCC1CCCO1)c1ccc(NS(=O)(=O)c2ccc(-c3cccc(F)c3)cc2)cc1. The molecule has 3 aromatic rings. The van der Waals surface area contributed by atoms with Gasteiger partial charge in [0.1, 0.15) is 5.82 Å². The van der Waals surface area contributed by atoms with Crippen molar-refractivity contribution in [3.8, 4) is 11.1 Å². The number of halogens is 1. The molecular formula is C24H23FN2O4S. The molecule has 3 aromatic carbocycles. The second-order valence-corrected chi connectivity index (χ2v) is 9.25. The average Bonchev–Trinajstić information content (AvgIpc) is 3.32. The third-order valence-corrected chi connectivity index (χ3v) is 6.63. The molecule has 2 N–H and O–H groups in total. The Kier molecular flexibility index (Phi) is 6.53. The molecule has 0 radical (unpaired) electrons. The smallest absolute Gasteiger partial charge is 0.261 e. The lowest BCUT2D eigenvalue weighted by molar-refractivity contribution is 0.0858. The number of amides is 1. The summed E-state index contributed by atoms with van der Waals surface area (Å²) >= 11 is 0. The van der Waals surface area contributed by atoms with Gasteiger partial charge in [0.2, 0.25) is 0 Å². The maximum atomic E-state index is 13.4. The molecule has 1 atom stereocenters. The number of anilines is 1. The van der Waals surface area contributed by atoms with Gasteiger partial charge in [-0.05, 0) is 72.5 Å². The molecule has 0 aromatic heterocycles. The van der Waals surface area contributed by atoms with Crippen LogP contribution in [0.3, 0.4) is 0 Å². The van der Waals surface area contributed by atoms with Gasteiger partial charge in [-0.15, -0.1) is 0 Å². The molecule has 0 spiro atoms. The van der Waals surface area contributed by atoms with Crippen molar-refractivity contribution >= 4 is 21.6 Å². The quantitative estimate of drug-likeness (QED) is 0.560. The first kappa shape index (κ1) is 22.0. The Hall–Kier alpha value is -3.23. The largest absolute Gasteiger partial charge is 0.376 e. The molecule has 1 aliphatic rings. The Morgan fingerprint density at radius 2 is 1.75 bits per heavy atom. The standard InChI is InChI=1S/C24H23FN2O4S/c25-20-4-1-3-19(15-20)17-8-12-23(13-9-17)32(29,30)27-21-10-6-18(7-11-21)24(28)26-16-22-5-2-14-31-22/h1,3-4,6-13,15,22,27H,2,5,14,16H2,(H,26,28). The van der Waals surface area contributed by atoms with Gasteiger partial charge in [0.15, 0.2) is 0 Å². The van der Waals surface area contributed by atoms with E-state index in [1.54, 1.807) is 48.5 Å². The maximum absolute atomic E-state index is 13.4. The van der Waals surface area contributed by atoms with E-state index in [0.717, 1.165) is 19.4 Å². The molecule has 1 fully saturated rings. The first-order chi connectivity index (χ1) is 15.4. The average molecular weight is 455 g/mol. The summed E-state index contributed by atoms with van der Waals surface area (Å²) in [5.74, 6) is -0.590. The predicted molar refractivity (Wildman–Crippen MR) is 120 cm³/mol. The van der Waals surface area contributed by atoms with Crippen LogP contribution in [0.1, 0.15) is 23.2 Å². The second-order valence-electron chi connectivity index (χ2n) is 7.56. The lowest BCUT2D eigenvalue weighted by atomic mass is 10.1. The lowest BCUT2D eigenvalue weighted by Crippen LogP contribution is -2.31. The van der Waals surface area contributed by atoms with Gasteiger partial charge >= 0.3 is 0 Å². The van der Waals surface area contributed by atoms with Crippen LogP contribution in [0.2, 0.25) is 0 Å². The molecule has 32 heavy (non-hydrogen) atoms. The van der Waals surface area contributed by atoms with E-state index in [0.29, 0.717) is 28.9 Å². The summed E-state index contributed by atoms with van der Waals surface area (Å²) in [6.45, 7) is 1.18. The minimum absolute atomic E-state index is 0.0531. The molecule has 1 heterocycles. The first-order valence-corrected chi connectivity index (χ1v) is 11.8. The monoisotopic (exact) mass is 454 g/mol. The van der Waals surface area contributed by atoms with Crippen molar-refractivity contribution < 1.29 is 22.3 Å². The van der Waals surface area contributed by atoms with Crippen molar-refractivity contribution in [2.24, 2.45) is 0 Å². The molecule has 0 saturated carbocycles. The van der Waals surface area contributed by atoms with Gasteiger partial charge in [-0.25, -0.2) is 12.8 Å². The van der Waals surface area contributed by atoms with E-state index in [-0.39, 0.29) is 22.7 Å². The minimum Gasteiger partial charge on any atom is -0.376 e.